The molecule has 122 valence electrons. The lowest BCUT2D eigenvalue weighted by Crippen LogP contribution is -2.45. The topological polar surface area (TPSA) is 93.1 Å². The van der Waals surface area contributed by atoms with Crippen molar-refractivity contribution < 1.29 is 4.79 Å². The molecule has 1 saturated heterocycles. The molecule has 0 aromatic carbocycles. The second-order valence-corrected chi connectivity index (χ2v) is 5.26. The zero-order valence-corrected chi connectivity index (χ0v) is 13.1. The van der Waals surface area contributed by atoms with Crippen molar-refractivity contribution in [2.24, 2.45) is 0 Å². The average Bonchev–Trinajstić information content (AvgIpc) is 2.61. The Kier molecular flexibility index (Phi) is 7.04. The van der Waals surface area contributed by atoms with E-state index in [4.69, 9.17) is 5.26 Å². The van der Waals surface area contributed by atoms with Crippen LogP contribution in [-0.2, 0) is 11.3 Å². The highest BCUT2D eigenvalue weighted by Gasteiger charge is 2.10. The van der Waals surface area contributed by atoms with E-state index in [1.807, 2.05) is 12.1 Å². The van der Waals surface area contributed by atoms with Gasteiger partial charge in [0.25, 0.3) is 5.91 Å². The number of carbonyl (C=O) groups excluding carboxylic acids is 1. The molecule has 2 heterocycles. The lowest BCUT2D eigenvalue weighted by Gasteiger charge is -2.26. The van der Waals surface area contributed by atoms with Gasteiger partial charge in [-0.2, -0.15) is 5.26 Å². The molecule has 1 aliphatic heterocycles. The lowest BCUT2D eigenvalue weighted by atomic mass is 10.2. The van der Waals surface area contributed by atoms with Gasteiger partial charge in [-0.05, 0) is 11.6 Å². The van der Waals surface area contributed by atoms with Gasteiger partial charge >= 0.3 is 0 Å². The first kappa shape index (κ1) is 16.9. The lowest BCUT2D eigenvalue weighted by molar-refractivity contribution is -0.117. The van der Waals surface area contributed by atoms with Crippen LogP contribution in [0.2, 0.25) is 0 Å². The number of amides is 1. The van der Waals surface area contributed by atoms with E-state index in [-0.39, 0.29) is 11.5 Å². The third-order valence-electron chi connectivity index (χ3n) is 3.57. The van der Waals surface area contributed by atoms with Crippen LogP contribution in [0.4, 0.5) is 0 Å². The summed E-state index contributed by atoms with van der Waals surface area (Å²) < 4.78 is 0. The Hall–Kier alpha value is -2.43. The number of hydrogen-bond acceptors (Lipinski definition) is 6. The SMILES string of the molecule is N#C/C(=C/NCCN1CCNCC1)C(=O)NCc1cccnc1. The van der Waals surface area contributed by atoms with Gasteiger partial charge in [-0.15, -0.1) is 0 Å². The third kappa shape index (κ3) is 6.06. The normalized spacial score (nSPS) is 15.7. The van der Waals surface area contributed by atoms with Gasteiger partial charge < -0.3 is 16.0 Å². The molecule has 0 aliphatic carbocycles. The molecule has 23 heavy (non-hydrogen) atoms. The van der Waals surface area contributed by atoms with Crippen molar-refractivity contribution in [2.45, 2.75) is 6.54 Å². The Morgan fingerprint density at radius 2 is 2.30 bits per heavy atom. The summed E-state index contributed by atoms with van der Waals surface area (Å²) in [6.07, 6.45) is 4.84. The minimum Gasteiger partial charge on any atom is -0.388 e. The van der Waals surface area contributed by atoms with Gasteiger partial charge in [-0.25, -0.2) is 0 Å². The molecule has 1 aromatic rings. The highest BCUT2D eigenvalue weighted by Crippen LogP contribution is 1.97. The summed E-state index contributed by atoms with van der Waals surface area (Å²) in [5.74, 6) is -0.383. The molecule has 0 saturated carbocycles. The maximum Gasteiger partial charge on any atom is 0.263 e. The second-order valence-electron chi connectivity index (χ2n) is 5.26. The van der Waals surface area contributed by atoms with Gasteiger partial charge in [-0.1, -0.05) is 6.07 Å². The maximum atomic E-state index is 12.0. The number of piperazine rings is 1. The average molecular weight is 314 g/mol. The quantitative estimate of drug-likeness (QED) is 0.360. The van der Waals surface area contributed by atoms with Crippen LogP contribution in [0.5, 0.6) is 0 Å². The summed E-state index contributed by atoms with van der Waals surface area (Å²) in [7, 11) is 0. The fourth-order valence-electron chi connectivity index (χ4n) is 2.26. The Labute approximate surface area is 136 Å². The second kappa shape index (κ2) is 9.56. The van der Waals surface area contributed by atoms with Crippen LogP contribution in [-0.4, -0.2) is 55.1 Å². The molecule has 0 atom stereocenters. The summed E-state index contributed by atoms with van der Waals surface area (Å²) >= 11 is 0. The van der Waals surface area contributed by atoms with Gasteiger partial charge in [0.1, 0.15) is 11.6 Å². The van der Waals surface area contributed by atoms with Crippen LogP contribution in [0, 0.1) is 11.3 Å². The number of nitrogens with one attached hydrogen (secondary N) is 3. The van der Waals surface area contributed by atoms with Crippen molar-refractivity contribution >= 4 is 5.91 Å². The van der Waals surface area contributed by atoms with E-state index in [1.165, 1.54) is 6.20 Å². The molecule has 7 nitrogen and oxygen atoms in total. The largest absolute Gasteiger partial charge is 0.388 e. The first-order chi connectivity index (χ1) is 11.3. The van der Waals surface area contributed by atoms with Crippen LogP contribution in [0.1, 0.15) is 5.56 Å². The van der Waals surface area contributed by atoms with E-state index in [9.17, 15) is 4.79 Å². The van der Waals surface area contributed by atoms with Crippen molar-refractivity contribution in [3.63, 3.8) is 0 Å². The molecule has 1 amide bonds. The van der Waals surface area contributed by atoms with Gasteiger partial charge in [0, 0.05) is 64.4 Å². The molecule has 0 unspecified atom stereocenters. The summed E-state index contributed by atoms with van der Waals surface area (Å²) in [4.78, 5) is 18.3. The predicted octanol–water partition coefficient (Wildman–Crippen LogP) is -0.400. The smallest absolute Gasteiger partial charge is 0.263 e. The molecule has 1 fully saturated rings. The Balaban J connectivity index is 1.72. The number of carbonyl (C=O) groups is 1. The molecular weight excluding hydrogens is 292 g/mol. The van der Waals surface area contributed by atoms with Crippen molar-refractivity contribution in [1.29, 1.82) is 5.26 Å². The Morgan fingerprint density at radius 1 is 1.48 bits per heavy atom. The van der Waals surface area contributed by atoms with Crippen LogP contribution < -0.4 is 16.0 Å². The molecule has 2 rings (SSSR count). The molecule has 7 heteroatoms. The fraction of sp³-hybridized carbons (Fsp3) is 0.438. The Bertz CT molecular complexity index is 560. The van der Waals surface area contributed by atoms with Gasteiger partial charge in [0.15, 0.2) is 0 Å². The van der Waals surface area contributed by atoms with E-state index in [1.54, 1.807) is 18.5 Å². The van der Waals surface area contributed by atoms with E-state index < -0.39 is 0 Å². The van der Waals surface area contributed by atoms with Gasteiger partial charge in [0.05, 0.1) is 0 Å². The monoisotopic (exact) mass is 314 g/mol. The van der Waals surface area contributed by atoms with E-state index in [0.717, 1.165) is 38.3 Å². The standard InChI is InChI=1S/C16H22N6O/c17-10-15(13-20-6-9-22-7-4-18-5-8-22)16(23)21-12-14-2-1-3-19-11-14/h1-3,11,13,18,20H,4-9,12H2,(H,21,23)/b15-13-. The van der Waals surface area contributed by atoms with Crippen molar-refractivity contribution in [3.05, 3.63) is 41.9 Å². The Morgan fingerprint density at radius 3 is 3.00 bits per heavy atom. The number of rotatable bonds is 7. The van der Waals surface area contributed by atoms with Gasteiger partial charge in [-0.3, -0.25) is 14.7 Å². The third-order valence-corrected chi connectivity index (χ3v) is 3.57. The summed E-state index contributed by atoms with van der Waals surface area (Å²) in [5, 5.41) is 18.1. The highest BCUT2D eigenvalue weighted by molar-refractivity contribution is 5.97. The molecule has 3 N–H and O–H groups in total. The minimum absolute atomic E-state index is 0.0780. The number of nitrogens with zero attached hydrogens (tertiary/aromatic N) is 3. The summed E-state index contributed by atoms with van der Waals surface area (Å²) in [6.45, 7) is 6.04. The summed E-state index contributed by atoms with van der Waals surface area (Å²) in [5.41, 5.74) is 0.971. The van der Waals surface area contributed by atoms with Crippen molar-refractivity contribution in [2.75, 3.05) is 39.3 Å². The summed E-state index contributed by atoms with van der Waals surface area (Å²) in [6, 6.07) is 5.60. The highest BCUT2D eigenvalue weighted by atomic mass is 16.1. The van der Waals surface area contributed by atoms with Crippen LogP contribution in [0.15, 0.2) is 36.3 Å². The number of hydrogen-bond donors (Lipinski definition) is 3. The van der Waals surface area contributed by atoms with Crippen LogP contribution in [0.25, 0.3) is 0 Å². The van der Waals surface area contributed by atoms with E-state index in [0.29, 0.717) is 13.1 Å². The molecule has 0 radical (unpaired) electrons. The van der Waals surface area contributed by atoms with E-state index in [2.05, 4.69) is 25.8 Å². The molecule has 1 aromatic heterocycles. The fourth-order valence-corrected chi connectivity index (χ4v) is 2.26. The molecule has 0 bridgehead atoms. The predicted molar refractivity (Wildman–Crippen MR) is 87.1 cm³/mol. The number of nitriles is 1. The van der Waals surface area contributed by atoms with Crippen LogP contribution >= 0.6 is 0 Å². The first-order valence-corrected chi connectivity index (χ1v) is 7.73. The van der Waals surface area contributed by atoms with Crippen molar-refractivity contribution in [1.82, 2.24) is 25.8 Å². The molecular formula is C16H22N6O. The van der Waals surface area contributed by atoms with Gasteiger partial charge in [0.2, 0.25) is 0 Å². The first-order valence-electron chi connectivity index (χ1n) is 7.73. The number of aromatic nitrogens is 1. The molecule has 0 spiro atoms. The maximum absolute atomic E-state index is 12.0. The van der Waals surface area contributed by atoms with E-state index >= 15 is 0 Å². The zero-order valence-electron chi connectivity index (χ0n) is 13.1. The number of pyridine rings is 1. The minimum atomic E-state index is -0.383. The molecule has 1 aliphatic rings. The van der Waals surface area contributed by atoms with Crippen LogP contribution in [0.3, 0.4) is 0 Å². The zero-order chi connectivity index (χ0) is 16.3. The van der Waals surface area contributed by atoms with Crippen molar-refractivity contribution in [3.8, 4) is 6.07 Å².